The van der Waals surface area contributed by atoms with Gasteiger partial charge in [-0.1, -0.05) is 0 Å². The molecule has 0 aromatic carbocycles. The van der Waals surface area contributed by atoms with Gasteiger partial charge in [0.15, 0.2) is 0 Å². The molecule has 13 heavy (non-hydrogen) atoms. The van der Waals surface area contributed by atoms with Crippen LogP contribution in [-0.4, -0.2) is 8.42 Å². The lowest BCUT2D eigenvalue weighted by molar-refractivity contribution is -0.139. The molecule has 0 radical (unpaired) electrons. The summed E-state index contributed by atoms with van der Waals surface area (Å²) < 4.78 is 56.7. The molecule has 0 bridgehead atoms. The van der Waals surface area contributed by atoms with Gasteiger partial charge >= 0.3 is 6.18 Å². The topological polar surface area (TPSA) is 34.1 Å². The second-order valence-corrected chi connectivity index (χ2v) is 5.73. The van der Waals surface area contributed by atoms with Crippen molar-refractivity contribution in [1.29, 1.82) is 0 Å². The van der Waals surface area contributed by atoms with Crippen molar-refractivity contribution >= 4 is 31.1 Å². The van der Waals surface area contributed by atoms with E-state index in [-0.39, 0.29) is 0 Å². The molecule has 74 valence electrons. The van der Waals surface area contributed by atoms with Gasteiger partial charge in [0.1, 0.15) is 4.21 Å². The van der Waals surface area contributed by atoms with Crippen LogP contribution in [0.5, 0.6) is 0 Å². The van der Waals surface area contributed by atoms with Gasteiger partial charge in [-0.05, 0) is 11.4 Å². The molecule has 1 aromatic heterocycles. The van der Waals surface area contributed by atoms with Crippen LogP contribution in [0.1, 0.15) is 5.56 Å². The van der Waals surface area contributed by atoms with Crippen LogP contribution in [0.15, 0.2) is 15.7 Å². The molecule has 0 aliphatic carbocycles. The van der Waals surface area contributed by atoms with Gasteiger partial charge in [0, 0.05) is 10.7 Å². The average molecular weight is 251 g/mol. The maximum absolute atomic E-state index is 12.1. The van der Waals surface area contributed by atoms with Crippen molar-refractivity contribution in [2.24, 2.45) is 0 Å². The lowest BCUT2D eigenvalue weighted by atomic mass is 10.3. The third kappa shape index (κ3) is 2.35. The Morgan fingerprint density at radius 2 is 1.92 bits per heavy atom. The molecule has 1 rings (SSSR count). The summed E-state index contributed by atoms with van der Waals surface area (Å²) in [7, 11) is 0.491. The van der Waals surface area contributed by atoms with Crippen LogP contribution in [0.2, 0.25) is 0 Å². The minimum absolute atomic E-state index is 0.443. The van der Waals surface area contributed by atoms with Gasteiger partial charge in [-0.3, -0.25) is 0 Å². The predicted octanol–water partition coefficient (Wildman–Crippen LogP) is 2.69. The number of hydrogen-bond acceptors (Lipinski definition) is 3. The second kappa shape index (κ2) is 3.14. The first-order chi connectivity index (χ1) is 5.73. The van der Waals surface area contributed by atoms with E-state index in [4.69, 9.17) is 10.7 Å². The lowest BCUT2D eigenvalue weighted by Crippen LogP contribution is -2.07. The molecule has 0 atom stereocenters. The second-order valence-electron chi connectivity index (χ2n) is 2.06. The number of rotatable bonds is 1. The normalized spacial score (nSPS) is 13.2. The van der Waals surface area contributed by atoms with Crippen LogP contribution < -0.4 is 0 Å². The Morgan fingerprint density at radius 1 is 1.38 bits per heavy atom. The summed E-state index contributed by atoms with van der Waals surface area (Å²) in [4.78, 5) is 0. The van der Waals surface area contributed by atoms with Gasteiger partial charge < -0.3 is 0 Å². The van der Waals surface area contributed by atoms with Crippen molar-refractivity contribution in [3.05, 3.63) is 17.0 Å². The van der Waals surface area contributed by atoms with Crippen LogP contribution in [-0.2, 0) is 15.2 Å². The molecule has 0 spiro atoms. The Kier molecular flexibility index (Phi) is 2.61. The highest BCUT2D eigenvalue weighted by Crippen LogP contribution is 2.38. The zero-order valence-electron chi connectivity index (χ0n) is 5.80. The molecule has 0 saturated heterocycles. The van der Waals surface area contributed by atoms with E-state index in [0.29, 0.717) is 17.4 Å². The number of halogens is 4. The average Bonchev–Trinajstić information content (AvgIpc) is 2.27. The molecule has 0 N–H and O–H groups in total. The molecule has 1 heterocycles. The predicted molar refractivity (Wildman–Crippen MR) is 42.4 cm³/mol. The van der Waals surface area contributed by atoms with E-state index in [2.05, 4.69) is 0 Å². The van der Waals surface area contributed by atoms with Crippen LogP contribution in [0.4, 0.5) is 13.2 Å². The van der Waals surface area contributed by atoms with Gasteiger partial charge in [0.05, 0.1) is 5.56 Å². The Morgan fingerprint density at radius 3 is 2.23 bits per heavy atom. The molecule has 0 saturated carbocycles. The molecular formula is C5H2ClF3O2S2. The molecule has 0 aliphatic rings. The number of hydrogen-bond donors (Lipinski definition) is 0. The molecule has 8 heteroatoms. The van der Waals surface area contributed by atoms with Crippen LogP contribution >= 0.6 is 22.0 Å². The Bertz CT molecular complexity index is 406. The maximum Gasteiger partial charge on any atom is 0.418 e. The van der Waals surface area contributed by atoms with Crippen molar-refractivity contribution in [3.8, 4) is 0 Å². The first-order valence-corrected chi connectivity index (χ1v) is 6.01. The Labute approximate surface area is 80.4 Å². The van der Waals surface area contributed by atoms with E-state index in [9.17, 15) is 21.6 Å². The summed E-state index contributed by atoms with van der Waals surface area (Å²) in [6, 6.07) is 0.680. The van der Waals surface area contributed by atoms with E-state index in [1.54, 1.807) is 0 Å². The van der Waals surface area contributed by atoms with Gasteiger partial charge in [-0.2, -0.15) is 13.2 Å². The summed E-state index contributed by atoms with van der Waals surface area (Å²) in [5.74, 6) is 0. The fourth-order valence-electron chi connectivity index (χ4n) is 0.694. The lowest BCUT2D eigenvalue weighted by Gasteiger charge is -2.04. The van der Waals surface area contributed by atoms with Crippen LogP contribution in [0, 0.1) is 0 Å². The zero-order chi connectivity index (χ0) is 10.3. The van der Waals surface area contributed by atoms with Crippen LogP contribution in [0.25, 0.3) is 0 Å². The fraction of sp³-hybridized carbons (Fsp3) is 0.200. The molecule has 0 aliphatic heterocycles. The third-order valence-electron chi connectivity index (χ3n) is 1.16. The summed E-state index contributed by atoms with van der Waals surface area (Å²) in [5, 5.41) is 1.03. The molecular weight excluding hydrogens is 249 g/mol. The van der Waals surface area contributed by atoms with E-state index in [1.165, 1.54) is 0 Å². The Hall–Kier alpha value is -0.270. The van der Waals surface area contributed by atoms with E-state index in [1.807, 2.05) is 0 Å². The summed E-state index contributed by atoms with van der Waals surface area (Å²) in [6.07, 6.45) is -4.68. The molecule has 1 aromatic rings. The minimum atomic E-state index is -4.68. The van der Waals surface area contributed by atoms with Crippen molar-refractivity contribution in [1.82, 2.24) is 0 Å². The van der Waals surface area contributed by atoms with E-state index < -0.39 is 25.0 Å². The first-order valence-electron chi connectivity index (χ1n) is 2.82. The highest BCUT2D eigenvalue weighted by Gasteiger charge is 2.37. The highest BCUT2D eigenvalue weighted by molar-refractivity contribution is 8.15. The standard InChI is InChI=1S/C5H2ClF3O2S2/c6-13(10,11)4-3(1-2-12-4)5(7,8)9/h1-2H. The van der Waals surface area contributed by atoms with Crippen molar-refractivity contribution in [2.45, 2.75) is 10.4 Å². The van der Waals surface area contributed by atoms with Crippen molar-refractivity contribution in [3.63, 3.8) is 0 Å². The zero-order valence-corrected chi connectivity index (χ0v) is 8.19. The monoisotopic (exact) mass is 250 g/mol. The smallest absolute Gasteiger partial charge is 0.206 e. The first kappa shape index (κ1) is 10.8. The largest absolute Gasteiger partial charge is 0.418 e. The number of alkyl halides is 3. The highest BCUT2D eigenvalue weighted by atomic mass is 35.7. The quantitative estimate of drug-likeness (QED) is 0.718. The van der Waals surface area contributed by atoms with Crippen molar-refractivity contribution < 1.29 is 21.6 Å². The Balaban J connectivity index is 3.35. The summed E-state index contributed by atoms with van der Waals surface area (Å²) >= 11 is 0.443. The molecule has 0 amide bonds. The fourth-order valence-corrected chi connectivity index (χ4v) is 2.98. The molecule has 2 nitrogen and oxygen atoms in total. The SMILES string of the molecule is O=S(=O)(Cl)c1sccc1C(F)(F)F. The van der Waals surface area contributed by atoms with Crippen molar-refractivity contribution in [2.75, 3.05) is 0 Å². The van der Waals surface area contributed by atoms with Gasteiger partial charge in [0.2, 0.25) is 0 Å². The van der Waals surface area contributed by atoms with Crippen LogP contribution in [0.3, 0.4) is 0 Å². The summed E-state index contributed by atoms with van der Waals surface area (Å²) in [5.41, 5.74) is -1.22. The summed E-state index contributed by atoms with van der Waals surface area (Å²) in [6.45, 7) is 0. The van der Waals surface area contributed by atoms with Gasteiger partial charge in [-0.15, -0.1) is 11.3 Å². The van der Waals surface area contributed by atoms with Gasteiger partial charge in [-0.25, -0.2) is 8.42 Å². The van der Waals surface area contributed by atoms with E-state index >= 15 is 0 Å². The molecule has 0 unspecified atom stereocenters. The number of thiophene rings is 1. The third-order valence-corrected chi connectivity index (χ3v) is 4.21. The van der Waals surface area contributed by atoms with Gasteiger partial charge in [0.25, 0.3) is 9.05 Å². The van der Waals surface area contributed by atoms with E-state index in [0.717, 1.165) is 5.38 Å². The minimum Gasteiger partial charge on any atom is -0.206 e. The molecule has 0 fully saturated rings. The maximum atomic E-state index is 12.1.